The summed E-state index contributed by atoms with van der Waals surface area (Å²) in [4.78, 5) is 8.27. The fourth-order valence-electron chi connectivity index (χ4n) is 2.79. The summed E-state index contributed by atoms with van der Waals surface area (Å²) >= 11 is 0. The Labute approximate surface area is 122 Å². The number of nitrogens with two attached hydrogens (primary N) is 1. The van der Waals surface area contributed by atoms with E-state index in [1.54, 1.807) is 12.4 Å². The van der Waals surface area contributed by atoms with Gasteiger partial charge in [-0.1, -0.05) is 48.5 Å². The molecule has 0 saturated carbocycles. The van der Waals surface area contributed by atoms with E-state index in [0.29, 0.717) is 5.95 Å². The molecule has 1 aromatic heterocycles. The Morgan fingerprint density at radius 2 is 1.24 bits per heavy atom. The van der Waals surface area contributed by atoms with Crippen molar-refractivity contribution >= 4 is 27.5 Å². The Morgan fingerprint density at radius 1 is 0.714 bits per heavy atom. The van der Waals surface area contributed by atoms with Gasteiger partial charge < -0.3 is 5.73 Å². The highest BCUT2D eigenvalue weighted by atomic mass is 15.0. The van der Waals surface area contributed by atoms with Gasteiger partial charge in [-0.3, -0.25) is 0 Å². The molecular formula is C18H13N3. The van der Waals surface area contributed by atoms with E-state index in [9.17, 15) is 0 Å². The number of aromatic nitrogens is 2. The number of anilines is 1. The first kappa shape index (κ1) is 11.9. The average Bonchev–Trinajstić information content (AvgIpc) is 2.53. The molecule has 0 radical (unpaired) electrons. The number of nitrogen functional groups attached to an aromatic ring is 1. The molecule has 0 aliphatic rings. The van der Waals surface area contributed by atoms with Crippen molar-refractivity contribution in [2.45, 2.75) is 0 Å². The second-order valence-corrected chi connectivity index (χ2v) is 5.02. The zero-order chi connectivity index (χ0) is 14.2. The van der Waals surface area contributed by atoms with Crippen molar-refractivity contribution in [3.05, 3.63) is 67.0 Å². The smallest absolute Gasteiger partial charge is 0.219 e. The van der Waals surface area contributed by atoms with Crippen LogP contribution >= 0.6 is 0 Å². The minimum Gasteiger partial charge on any atom is -0.368 e. The first-order chi connectivity index (χ1) is 10.3. The molecule has 4 aromatic rings. The molecule has 4 rings (SSSR count). The van der Waals surface area contributed by atoms with Crippen LogP contribution in [0.5, 0.6) is 0 Å². The molecule has 0 amide bonds. The van der Waals surface area contributed by atoms with E-state index in [1.807, 2.05) is 0 Å². The summed E-state index contributed by atoms with van der Waals surface area (Å²) in [6.45, 7) is 0. The van der Waals surface area contributed by atoms with E-state index in [0.717, 1.165) is 11.1 Å². The van der Waals surface area contributed by atoms with E-state index >= 15 is 0 Å². The lowest BCUT2D eigenvalue weighted by Crippen LogP contribution is -1.94. The minimum atomic E-state index is 0.295. The maximum Gasteiger partial charge on any atom is 0.219 e. The molecule has 0 bridgehead atoms. The van der Waals surface area contributed by atoms with Gasteiger partial charge in [-0.05, 0) is 27.6 Å². The lowest BCUT2D eigenvalue weighted by molar-refractivity contribution is 1.19. The normalized spacial score (nSPS) is 11.0. The zero-order valence-corrected chi connectivity index (χ0v) is 11.3. The van der Waals surface area contributed by atoms with Gasteiger partial charge in [0.05, 0.1) is 0 Å². The lowest BCUT2D eigenvalue weighted by atomic mass is 9.93. The molecule has 0 spiro atoms. The standard InChI is InChI=1S/C18H13N3/c19-18-20-10-14(11-21-18)17-15-7-3-1-5-12(15)9-13-6-2-4-8-16(13)17/h1-11H,(H2,19,20,21). The summed E-state index contributed by atoms with van der Waals surface area (Å²) in [5, 5.41) is 4.82. The summed E-state index contributed by atoms with van der Waals surface area (Å²) in [6, 6.07) is 19.0. The lowest BCUT2D eigenvalue weighted by Gasteiger charge is -2.11. The van der Waals surface area contributed by atoms with Gasteiger partial charge in [0.2, 0.25) is 5.95 Å². The molecule has 0 fully saturated rings. The third-order valence-electron chi connectivity index (χ3n) is 3.73. The van der Waals surface area contributed by atoms with Crippen LogP contribution in [0.3, 0.4) is 0 Å². The van der Waals surface area contributed by atoms with E-state index in [2.05, 4.69) is 64.6 Å². The van der Waals surface area contributed by atoms with Gasteiger partial charge in [-0.15, -0.1) is 0 Å². The molecule has 3 nitrogen and oxygen atoms in total. The Kier molecular flexibility index (Phi) is 2.57. The predicted octanol–water partition coefficient (Wildman–Crippen LogP) is 4.03. The van der Waals surface area contributed by atoms with Crippen LogP contribution < -0.4 is 5.73 Å². The summed E-state index contributed by atoms with van der Waals surface area (Å²) in [7, 11) is 0. The maximum absolute atomic E-state index is 5.61. The SMILES string of the molecule is Nc1ncc(-c2c3ccccc3cc3ccccc23)cn1. The number of rotatable bonds is 1. The van der Waals surface area contributed by atoms with E-state index in [-0.39, 0.29) is 0 Å². The second kappa shape index (κ2) is 4.56. The predicted molar refractivity (Wildman–Crippen MR) is 86.9 cm³/mol. The van der Waals surface area contributed by atoms with Gasteiger partial charge in [0.15, 0.2) is 0 Å². The van der Waals surface area contributed by atoms with Crippen LogP contribution in [-0.4, -0.2) is 9.97 Å². The molecule has 21 heavy (non-hydrogen) atoms. The van der Waals surface area contributed by atoms with Gasteiger partial charge in [0, 0.05) is 23.5 Å². The van der Waals surface area contributed by atoms with Gasteiger partial charge in [0.25, 0.3) is 0 Å². The number of nitrogens with zero attached hydrogens (tertiary/aromatic N) is 2. The molecule has 0 atom stereocenters. The van der Waals surface area contributed by atoms with Gasteiger partial charge in [0.1, 0.15) is 0 Å². The molecule has 0 aliphatic heterocycles. The van der Waals surface area contributed by atoms with Gasteiger partial charge in [-0.25, -0.2) is 9.97 Å². The van der Waals surface area contributed by atoms with Crippen molar-refractivity contribution in [2.75, 3.05) is 5.73 Å². The number of hydrogen-bond donors (Lipinski definition) is 1. The molecule has 100 valence electrons. The highest BCUT2D eigenvalue weighted by Gasteiger charge is 2.10. The Morgan fingerprint density at radius 3 is 1.81 bits per heavy atom. The fraction of sp³-hybridized carbons (Fsp3) is 0. The fourth-order valence-corrected chi connectivity index (χ4v) is 2.79. The van der Waals surface area contributed by atoms with Crippen molar-refractivity contribution in [3.63, 3.8) is 0 Å². The molecule has 3 heteroatoms. The van der Waals surface area contributed by atoms with E-state index < -0.39 is 0 Å². The van der Waals surface area contributed by atoms with Crippen molar-refractivity contribution in [1.82, 2.24) is 9.97 Å². The van der Waals surface area contributed by atoms with Crippen LogP contribution in [0.15, 0.2) is 67.0 Å². The molecule has 3 aromatic carbocycles. The Balaban J connectivity index is 2.18. The maximum atomic E-state index is 5.61. The molecule has 1 heterocycles. The Hall–Kier alpha value is -2.94. The second-order valence-electron chi connectivity index (χ2n) is 5.02. The van der Waals surface area contributed by atoms with Crippen LogP contribution in [-0.2, 0) is 0 Å². The first-order valence-corrected chi connectivity index (χ1v) is 6.81. The summed E-state index contributed by atoms with van der Waals surface area (Å²) in [5.41, 5.74) is 7.75. The van der Waals surface area contributed by atoms with Crippen LogP contribution in [0.1, 0.15) is 0 Å². The summed E-state index contributed by atoms with van der Waals surface area (Å²) in [6.07, 6.45) is 3.58. The average molecular weight is 271 g/mol. The third kappa shape index (κ3) is 1.91. The monoisotopic (exact) mass is 271 g/mol. The van der Waals surface area contributed by atoms with Crippen molar-refractivity contribution in [3.8, 4) is 11.1 Å². The Bertz CT molecular complexity index is 889. The number of fused-ring (bicyclic) bond motifs is 2. The largest absolute Gasteiger partial charge is 0.368 e. The number of hydrogen-bond acceptors (Lipinski definition) is 3. The summed E-state index contributed by atoms with van der Waals surface area (Å²) in [5.74, 6) is 0.295. The van der Waals surface area contributed by atoms with Gasteiger partial charge >= 0.3 is 0 Å². The van der Waals surface area contributed by atoms with Gasteiger partial charge in [-0.2, -0.15) is 0 Å². The number of benzene rings is 3. The van der Waals surface area contributed by atoms with Crippen LogP contribution in [0, 0.1) is 0 Å². The van der Waals surface area contributed by atoms with Crippen molar-refractivity contribution < 1.29 is 0 Å². The highest BCUT2D eigenvalue weighted by Crippen LogP contribution is 2.35. The quantitative estimate of drug-likeness (QED) is 0.532. The van der Waals surface area contributed by atoms with E-state index in [1.165, 1.54) is 21.5 Å². The van der Waals surface area contributed by atoms with Crippen LogP contribution in [0.25, 0.3) is 32.7 Å². The van der Waals surface area contributed by atoms with Crippen LogP contribution in [0.2, 0.25) is 0 Å². The molecular weight excluding hydrogens is 258 g/mol. The topological polar surface area (TPSA) is 51.8 Å². The minimum absolute atomic E-state index is 0.295. The zero-order valence-electron chi connectivity index (χ0n) is 11.3. The molecule has 0 unspecified atom stereocenters. The highest BCUT2D eigenvalue weighted by molar-refractivity contribution is 6.12. The first-order valence-electron chi connectivity index (χ1n) is 6.81. The van der Waals surface area contributed by atoms with E-state index in [4.69, 9.17) is 5.73 Å². The third-order valence-corrected chi connectivity index (χ3v) is 3.73. The van der Waals surface area contributed by atoms with Crippen molar-refractivity contribution in [2.24, 2.45) is 0 Å². The molecule has 0 saturated heterocycles. The molecule has 0 aliphatic carbocycles. The summed E-state index contributed by atoms with van der Waals surface area (Å²) < 4.78 is 0. The molecule has 2 N–H and O–H groups in total. The van der Waals surface area contributed by atoms with Crippen molar-refractivity contribution in [1.29, 1.82) is 0 Å². The van der Waals surface area contributed by atoms with Crippen LogP contribution in [0.4, 0.5) is 5.95 Å².